The van der Waals surface area contributed by atoms with Crippen molar-refractivity contribution in [3.05, 3.63) is 61.7 Å². The highest BCUT2D eigenvalue weighted by molar-refractivity contribution is 8.00. The van der Waals surface area contributed by atoms with Gasteiger partial charge in [0.15, 0.2) is 0 Å². The fraction of sp³-hybridized carbons (Fsp3) is 0.435. The molecule has 8 nitrogen and oxygen atoms in total. The fourth-order valence-electron chi connectivity index (χ4n) is 4.78. The van der Waals surface area contributed by atoms with Crippen LogP contribution in [0.2, 0.25) is 0 Å². The van der Waals surface area contributed by atoms with E-state index in [1.54, 1.807) is 4.68 Å². The van der Waals surface area contributed by atoms with E-state index in [2.05, 4.69) is 15.4 Å². The van der Waals surface area contributed by atoms with Crippen molar-refractivity contribution in [3.63, 3.8) is 0 Å². The fourth-order valence-corrected chi connectivity index (χ4v) is 5.91. The summed E-state index contributed by atoms with van der Waals surface area (Å²) in [5, 5.41) is 6.20. The lowest BCUT2D eigenvalue weighted by atomic mass is 9.94. The van der Waals surface area contributed by atoms with E-state index in [9.17, 15) is 14.4 Å². The largest absolute Gasteiger partial charge is 0.375 e. The second-order valence-corrected chi connectivity index (χ2v) is 10.3. The van der Waals surface area contributed by atoms with Crippen LogP contribution in [0.1, 0.15) is 54.7 Å². The lowest BCUT2D eigenvalue weighted by Crippen LogP contribution is -2.36. The van der Waals surface area contributed by atoms with Gasteiger partial charge in [-0.25, -0.2) is 0 Å². The molecule has 0 spiro atoms. The number of nitrogens with one attached hydrogen (secondary N) is 3. The van der Waals surface area contributed by atoms with Gasteiger partial charge in [-0.3, -0.25) is 24.2 Å². The number of pyridine rings is 1. The summed E-state index contributed by atoms with van der Waals surface area (Å²) in [6.45, 7) is 6.56. The van der Waals surface area contributed by atoms with Crippen molar-refractivity contribution in [1.82, 2.24) is 14.8 Å². The van der Waals surface area contributed by atoms with Crippen LogP contribution < -0.4 is 16.4 Å². The number of nitrogens with zero attached hydrogens (tertiary/aromatic N) is 1. The number of hydrogen-bond donors (Lipinski definition) is 3. The van der Waals surface area contributed by atoms with Crippen molar-refractivity contribution in [3.8, 4) is 0 Å². The molecule has 9 heteroatoms. The summed E-state index contributed by atoms with van der Waals surface area (Å²) in [6, 6.07) is 7.64. The molecule has 3 N–H and O–H groups in total. The van der Waals surface area contributed by atoms with Crippen molar-refractivity contribution in [2.24, 2.45) is 0 Å². The zero-order valence-corrected chi connectivity index (χ0v) is 19.1. The zero-order chi connectivity index (χ0) is 22.6. The van der Waals surface area contributed by atoms with Gasteiger partial charge in [0.05, 0.1) is 33.7 Å². The molecule has 1 fully saturated rings. The van der Waals surface area contributed by atoms with Crippen LogP contribution in [-0.2, 0) is 9.53 Å². The number of aromatic nitrogens is 3. The minimum absolute atomic E-state index is 0.0169. The first kappa shape index (κ1) is 21.1. The van der Waals surface area contributed by atoms with Crippen LogP contribution in [0.5, 0.6) is 0 Å². The third-order valence-electron chi connectivity index (χ3n) is 6.30. The van der Waals surface area contributed by atoms with Crippen LogP contribution in [-0.4, -0.2) is 38.6 Å². The summed E-state index contributed by atoms with van der Waals surface area (Å²) in [5.74, 6) is 0.427. The first-order chi connectivity index (χ1) is 15.2. The van der Waals surface area contributed by atoms with Gasteiger partial charge in [0.2, 0.25) is 5.91 Å². The summed E-state index contributed by atoms with van der Waals surface area (Å²) in [4.78, 5) is 41.8. The number of fused-ring (bicyclic) bond motifs is 2. The second kappa shape index (κ2) is 7.67. The monoisotopic (exact) mass is 454 g/mol. The van der Waals surface area contributed by atoms with Gasteiger partial charge in [-0.2, -0.15) is 0 Å². The Kier molecular flexibility index (Phi) is 5.05. The topological polar surface area (TPSA) is 109 Å². The molecular weight excluding hydrogens is 428 g/mol. The average molecular weight is 455 g/mol. The normalized spacial score (nSPS) is 22.9. The molecular formula is C23H26N4O4S. The van der Waals surface area contributed by atoms with Crippen molar-refractivity contribution in [2.75, 3.05) is 17.7 Å². The number of para-hydroxylation sites is 1. The van der Waals surface area contributed by atoms with Crippen molar-refractivity contribution < 1.29 is 9.53 Å². The Labute approximate surface area is 188 Å². The maximum Gasteiger partial charge on any atom is 0.270 e. The number of anilines is 1. The summed E-state index contributed by atoms with van der Waals surface area (Å²) < 4.78 is 7.60. The predicted molar refractivity (Wildman–Crippen MR) is 126 cm³/mol. The van der Waals surface area contributed by atoms with Crippen LogP contribution in [0.25, 0.3) is 10.9 Å². The minimum atomic E-state index is -0.560. The van der Waals surface area contributed by atoms with Gasteiger partial charge < -0.3 is 15.0 Å². The number of aromatic amines is 2. The van der Waals surface area contributed by atoms with Gasteiger partial charge in [-0.1, -0.05) is 18.2 Å². The van der Waals surface area contributed by atoms with Gasteiger partial charge in [-0.15, -0.1) is 11.8 Å². The Morgan fingerprint density at radius 1 is 1.19 bits per heavy atom. The van der Waals surface area contributed by atoms with Gasteiger partial charge in [0.25, 0.3) is 11.1 Å². The number of rotatable bonds is 2. The Hall–Kier alpha value is -2.78. The Balaban J connectivity index is 1.66. The van der Waals surface area contributed by atoms with E-state index in [-0.39, 0.29) is 34.4 Å². The van der Waals surface area contributed by atoms with E-state index in [0.717, 1.165) is 22.9 Å². The highest BCUT2D eigenvalue weighted by atomic mass is 32.2. The van der Waals surface area contributed by atoms with E-state index in [1.807, 2.05) is 45.0 Å². The molecule has 2 aromatic heterocycles. The molecule has 32 heavy (non-hydrogen) atoms. The second-order valence-electron chi connectivity index (χ2n) is 9.16. The predicted octanol–water partition coefficient (Wildman–Crippen LogP) is 3.23. The Morgan fingerprint density at radius 2 is 2.00 bits per heavy atom. The number of carbonyl (C=O) groups is 1. The van der Waals surface area contributed by atoms with Crippen LogP contribution in [0.4, 0.5) is 5.82 Å². The molecule has 1 amide bonds. The SMILES string of the molecule is Cc1cccc2cc(C3SCC(=O)Nc4c3c(=O)[nH]n4C3CCOC(C)(C)C3)c(=O)[nH]c12. The highest BCUT2D eigenvalue weighted by Crippen LogP contribution is 2.41. The lowest BCUT2D eigenvalue weighted by molar-refractivity contribution is -0.113. The van der Waals surface area contributed by atoms with Gasteiger partial charge in [0.1, 0.15) is 5.82 Å². The number of aryl methyl sites for hydroxylation is 1. The number of benzene rings is 1. The summed E-state index contributed by atoms with van der Waals surface area (Å²) in [6.07, 6.45) is 1.43. The zero-order valence-electron chi connectivity index (χ0n) is 18.3. The maximum atomic E-state index is 13.2. The molecule has 2 atom stereocenters. The van der Waals surface area contributed by atoms with Crippen molar-refractivity contribution in [2.45, 2.75) is 50.5 Å². The number of hydrogen-bond acceptors (Lipinski definition) is 5. The first-order valence-electron chi connectivity index (χ1n) is 10.8. The Bertz CT molecular complexity index is 1340. The van der Waals surface area contributed by atoms with E-state index in [1.165, 1.54) is 11.8 Å². The Morgan fingerprint density at radius 3 is 2.78 bits per heavy atom. The molecule has 0 radical (unpaired) electrons. The lowest BCUT2D eigenvalue weighted by Gasteiger charge is -2.36. The molecule has 2 unspecified atom stereocenters. The first-order valence-corrected chi connectivity index (χ1v) is 11.8. The number of H-pyrrole nitrogens is 2. The minimum Gasteiger partial charge on any atom is -0.375 e. The molecule has 0 aliphatic carbocycles. The number of ether oxygens (including phenoxy) is 1. The van der Waals surface area contributed by atoms with Crippen LogP contribution in [0.15, 0.2) is 33.9 Å². The molecule has 0 bridgehead atoms. The van der Waals surface area contributed by atoms with Crippen LogP contribution in [0, 0.1) is 6.92 Å². The highest BCUT2D eigenvalue weighted by Gasteiger charge is 2.36. The molecule has 4 heterocycles. The van der Waals surface area contributed by atoms with Crippen molar-refractivity contribution >= 4 is 34.4 Å². The van der Waals surface area contributed by atoms with E-state index >= 15 is 0 Å². The van der Waals surface area contributed by atoms with Gasteiger partial charge in [-0.05, 0) is 50.6 Å². The quantitative estimate of drug-likeness (QED) is 0.551. The molecule has 5 rings (SSSR count). The number of amides is 1. The smallest absolute Gasteiger partial charge is 0.270 e. The van der Waals surface area contributed by atoms with E-state index in [0.29, 0.717) is 30.0 Å². The molecule has 3 aromatic rings. The van der Waals surface area contributed by atoms with Gasteiger partial charge >= 0.3 is 0 Å². The van der Waals surface area contributed by atoms with E-state index in [4.69, 9.17) is 4.74 Å². The maximum absolute atomic E-state index is 13.2. The molecule has 0 saturated carbocycles. The average Bonchev–Trinajstić information content (AvgIpc) is 2.93. The summed E-state index contributed by atoms with van der Waals surface area (Å²) in [5.41, 5.74) is 1.79. The van der Waals surface area contributed by atoms with Crippen molar-refractivity contribution in [1.29, 1.82) is 0 Å². The van der Waals surface area contributed by atoms with E-state index < -0.39 is 5.25 Å². The standard InChI is InChI=1S/C23H26N4O4S/c1-12-5-4-6-13-9-15(21(29)25-18(12)13)19-17-20(24-16(28)11-32-19)27(26-22(17)30)14-7-8-31-23(2,3)10-14/h4-6,9,14,19H,7-8,10-11H2,1-3H3,(H,24,28)(H,25,29)(H,26,30). The molecule has 2 aliphatic heterocycles. The molecule has 168 valence electrons. The summed E-state index contributed by atoms with van der Waals surface area (Å²) >= 11 is 1.30. The third kappa shape index (κ3) is 3.59. The summed E-state index contributed by atoms with van der Waals surface area (Å²) in [7, 11) is 0. The molecule has 2 aliphatic rings. The molecule has 1 saturated heterocycles. The number of carbonyl (C=O) groups excluding carboxylic acids is 1. The molecule has 1 aromatic carbocycles. The number of thioether (sulfide) groups is 1. The third-order valence-corrected chi connectivity index (χ3v) is 7.55. The van der Waals surface area contributed by atoms with Crippen LogP contribution >= 0.6 is 11.8 Å². The van der Waals surface area contributed by atoms with Gasteiger partial charge in [0, 0.05) is 12.2 Å². The van der Waals surface area contributed by atoms with Crippen LogP contribution in [0.3, 0.4) is 0 Å².